The molecule has 1 amide bonds. The van der Waals surface area contributed by atoms with Gasteiger partial charge in [-0.15, -0.1) is 24.0 Å². The zero-order valence-electron chi connectivity index (χ0n) is 19.7. The van der Waals surface area contributed by atoms with Crippen molar-refractivity contribution < 1.29 is 9.18 Å². The number of nitrogens with zero attached hydrogens (tertiary/aromatic N) is 4. The van der Waals surface area contributed by atoms with Gasteiger partial charge in [0.05, 0.1) is 0 Å². The van der Waals surface area contributed by atoms with Crippen molar-refractivity contribution in [3.05, 3.63) is 30.1 Å². The van der Waals surface area contributed by atoms with Crippen LogP contribution < -0.4 is 15.5 Å². The van der Waals surface area contributed by atoms with Crippen LogP contribution in [-0.4, -0.2) is 86.6 Å². The molecular weight excluding hydrogens is 522 g/mol. The molecule has 0 aromatic heterocycles. The molecule has 0 aliphatic carbocycles. The van der Waals surface area contributed by atoms with Crippen LogP contribution in [-0.2, 0) is 4.79 Å². The van der Waals surface area contributed by atoms with Gasteiger partial charge >= 0.3 is 0 Å². The van der Waals surface area contributed by atoms with E-state index in [0.29, 0.717) is 44.1 Å². The van der Waals surface area contributed by atoms with E-state index in [1.807, 2.05) is 4.90 Å². The van der Waals surface area contributed by atoms with Crippen LogP contribution in [0.4, 0.5) is 10.1 Å². The second kappa shape index (κ2) is 12.6. The minimum Gasteiger partial charge on any atom is -0.368 e. The van der Waals surface area contributed by atoms with Gasteiger partial charge in [-0.3, -0.25) is 14.7 Å². The predicted molar refractivity (Wildman–Crippen MR) is 139 cm³/mol. The fourth-order valence-corrected chi connectivity index (χ4v) is 4.30. The van der Waals surface area contributed by atoms with Gasteiger partial charge in [0.2, 0.25) is 5.91 Å². The number of benzene rings is 1. The number of rotatable bonds is 6. The van der Waals surface area contributed by atoms with Gasteiger partial charge in [0, 0.05) is 77.1 Å². The van der Waals surface area contributed by atoms with E-state index in [-0.39, 0.29) is 35.7 Å². The fraction of sp³-hybridized carbons (Fsp3) is 0.652. The molecule has 2 aliphatic heterocycles. The van der Waals surface area contributed by atoms with Gasteiger partial charge < -0.3 is 20.4 Å². The van der Waals surface area contributed by atoms with Gasteiger partial charge in [-0.25, -0.2) is 4.39 Å². The van der Waals surface area contributed by atoms with Crippen LogP contribution >= 0.6 is 24.0 Å². The summed E-state index contributed by atoms with van der Waals surface area (Å²) >= 11 is 0. The molecule has 9 heteroatoms. The average Bonchev–Trinajstić information content (AvgIpc) is 3.14. The van der Waals surface area contributed by atoms with Crippen LogP contribution in [0.25, 0.3) is 0 Å². The highest BCUT2D eigenvalue weighted by Crippen LogP contribution is 2.19. The SMILES string of the molecule is CN=C(NCCC(=O)N1CCN(c2ccc(F)cc2)CC1)NC1CN(C(C)C)CC1C.I. The standard InChI is InChI=1S/C23H37FN6O.HI/c1-17(2)30-15-18(3)21(16-30)27-23(25-4)26-10-9-22(31)29-13-11-28(12-14-29)20-7-5-19(24)6-8-20;/h5-8,17-18,21H,9-16H2,1-4H3,(H2,25,26,27);1H. The Morgan fingerprint density at radius 1 is 1.16 bits per heavy atom. The number of carbonyl (C=O) groups excluding carboxylic acids is 1. The number of halogens is 2. The van der Waals surface area contributed by atoms with Crippen LogP contribution in [0.1, 0.15) is 27.2 Å². The van der Waals surface area contributed by atoms with E-state index in [1.54, 1.807) is 19.2 Å². The van der Waals surface area contributed by atoms with Crippen molar-refractivity contribution in [2.24, 2.45) is 10.9 Å². The molecule has 1 aromatic carbocycles. The molecule has 2 heterocycles. The van der Waals surface area contributed by atoms with Crippen LogP contribution in [0.15, 0.2) is 29.3 Å². The van der Waals surface area contributed by atoms with E-state index in [2.05, 4.69) is 46.2 Å². The maximum absolute atomic E-state index is 13.1. The van der Waals surface area contributed by atoms with Crippen molar-refractivity contribution in [1.82, 2.24) is 20.4 Å². The molecule has 1 aromatic rings. The zero-order valence-corrected chi connectivity index (χ0v) is 22.0. The van der Waals surface area contributed by atoms with Crippen molar-refractivity contribution in [3.8, 4) is 0 Å². The third-order valence-electron chi connectivity index (χ3n) is 6.37. The van der Waals surface area contributed by atoms with E-state index in [9.17, 15) is 9.18 Å². The van der Waals surface area contributed by atoms with E-state index in [4.69, 9.17) is 0 Å². The summed E-state index contributed by atoms with van der Waals surface area (Å²) in [5, 5.41) is 6.82. The van der Waals surface area contributed by atoms with Crippen molar-refractivity contribution in [2.45, 2.75) is 39.3 Å². The fourth-order valence-electron chi connectivity index (χ4n) is 4.30. The quantitative estimate of drug-likeness (QED) is 0.318. The summed E-state index contributed by atoms with van der Waals surface area (Å²) in [6, 6.07) is 7.45. The molecule has 0 spiro atoms. The molecule has 0 radical (unpaired) electrons. The number of carbonyl (C=O) groups is 1. The summed E-state index contributed by atoms with van der Waals surface area (Å²) in [6.45, 7) is 12.3. The third-order valence-corrected chi connectivity index (χ3v) is 6.37. The molecule has 2 N–H and O–H groups in total. The van der Waals surface area contributed by atoms with Gasteiger partial charge in [-0.2, -0.15) is 0 Å². The molecule has 7 nitrogen and oxygen atoms in total. The first-order valence-electron chi connectivity index (χ1n) is 11.4. The van der Waals surface area contributed by atoms with Crippen molar-refractivity contribution in [3.63, 3.8) is 0 Å². The first-order chi connectivity index (χ1) is 14.9. The lowest BCUT2D eigenvalue weighted by atomic mass is 10.1. The van der Waals surface area contributed by atoms with Crippen LogP contribution in [0, 0.1) is 11.7 Å². The molecule has 32 heavy (non-hydrogen) atoms. The minimum absolute atomic E-state index is 0. The summed E-state index contributed by atoms with van der Waals surface area (Å²) in [5.41, 5.74) is 1.00. The van der Waals surface area contributed by atoms with E-state index >= 15 is 0 Å². The number of likely N-dealkylation sites (tertiary alicyclic amines) is 1. The number of piperazine rings is 1. The Labute approximate surface area is 208 Å². The Balaban J connectivity index is 0.00000363. The molecule has 2 aliphatic rings. The van der Waals surface area contributed by atoms with Gasteiger partial charge in [0.25, 0.3) is 0 Å². The number of anilines is 1. The molecule has 0 saturated carbocycles. The normalized spacial score (nSPS) is 22.1. The van der Waals surface area contributed by atoms with E-state index in [0.717, 1.165) is 37.8 Å². The topological polar surface area (TPSA) is 63.2 Å². The number of hydrogen-bond donors (Lipinski definition) is 2. The smallest absolute Gasteiger partial charge is 0.224 e. The summed E-state index contributed by atoms with van der Waals surface area (Å²) in [4.78, 5) is 23.5. The molecule has 2 atom stereocenters. The van der Waals surface area contributed by atoms with E-state index in [1.165, 1.54) is 12.1 Å². The second-order valence-corrected chi connectivity index (χ2v) is 8.87. The number of amides is 1. The van der Waals surface area contributed by atoms with Crippen LogP contribution in [0.3, 0.4) is 0 Å². The summed E-state index contributed by atoms with van der Waals surface area (Å²) in [5.74, 6) is 1.24. The molecule has 2 fully saturated rings. The first kappa shape index (κ1) is 26.6. The minimum atomic E-state index is -0.228. The summed E-state index contributed by atoms with van der Waals surface area (Å²) < 4.78 is 13.1. The molecule has 3 rings (SSSR count). The Bertz CT molecular complexity index is 751. The van der Waals surface area contributed by atoms with Crippen molar-refractivity contribution in [1.29, 1.82) is 0 Å². The molecule has 2 unspecified atom stereocenters. The Morgan fingerprint density at radius 3 is 2.38 bits per heavy atom. The molecular formula is C23H38FIN6O. The van der Waals surface area contributed by atoms with Gasteiger partial charge in [0.15, 0.2) is 5.96 Å². The highest BCUT2D eigenvalue weighted by Gasteiger charge is 2.31. The molecule has 2 saturated heterocycles. The Hall–Kier alpha value is -1.62. The Morgan fingerprint density at radius 2 is 1.81 bits per heavy atom. The van der Waals surface area contributed by atoms with Gasteiger partial charge in [-0.1, -0.05) is 6.92 Å². The molecule has 180 valence electrons. The number of hydrogen-bond acceptors (Lipinski definition) is 4. The lowest BCUT2D eigenvalue weighted by Crippen LogP contribution is -2.50. The largest absolute Gasteiger partial charge is 0.368 e. The maximum atomic E-state index is 13.1. The number of aliphatic imine (C=N–C) groups is 1. The highest BCUT2D eigenvalue weighted by molar-refractivity contribution is 14.0. The monoisotopic (exact) mass is 560 g/mol. The third kappa shape index (κ3) is 7.19. The zero-order chi connectivity index (χ0) is 22.4. The van der Waals surface area contributed by atoms with Crippen molar-refractivity contribution in [2.75, 3.05) is 57.8 Å². The summed E-state index contributed by atoms with van der Waals surface area (Å²) in [7, 11) is 1.77. The predicted octanol–water partition coefficient (Wildman–Crippen LogP) is 2.38. The Kier molecular flexibility index (Phi) is 10.5. The van der Waals surface area contributed by atoms with Crippen LogP contribution in [0.2, 0.25) is 0 Å². The molecule has 0 bridgehead atoms. The average molecular weight is 561 g/mol. The highest BCUT2D eigenvalue weighted by atomic mass is 127. The van der Waals surface area contributed by atoms with Gasteiger partial charge in [-0.05, 0) is 44.0 Å². The summed E-state index contributed by atoms with van der Waals surface area (Å²) in [6.07, 6.45) is 0.440. The maximum Gasteiger partial charge on any atom is 0.224 e. The lowest BCUT2D eigenvalue weighted by molar-refractivity contribution is -0.131. The first-order valence-corrected chi connectivity index (χ1v) is 11.4. The van der Waals surface area contributed by atoms with Crippen LogP contribution in [0.5, 0.6) is 0 Å². The second-order valence-electron chi connectivity index (χ2n) is 8.87. The lowest BCUT2D eigenvalue weighted by Gasteiger charge is -2.36. The van der Waals surface area contributed by atoms with Crippen molar-refractivity contribution >= 4 is 41.5 Å². The van der Waals surface area contributed by atoms with Gasteiger partial charge in [0.1, 0.15) is 5.82 Å². The number of guanidine groups is 1. The number of nitrogens with one attached hydrogen (secondary N) is 2. The van der Waals surface area contributed by atoms with E-state index < -0.39 is 0 Å².